The third kappa shape index (κ3) is 3.46. The summed E-state index contributed by atoms with van der Waals surface area (Å²) in [7, 11) is 0.372. The van der Waals surface area contributed by atoms with E-state index in [2.05, 4.69) is 54.9 Å². The molecule has 0 amide bonds. The molecule has 0 heterocycles. The third-order valence-corrected chi connectivity index (χ3v) is 14.9. The molecular formula is C12H28P2. The van der Waals surface area contributed by atoms with Crippen molar-refractivity contribution in [3.05, 3.63) is 0 Å². The second-order valence-corrected chi connectivity index (χ2v) is 13.5. The molecule has 0 aliphatic carbocycles. The van der Waals surface area contributed by atoms with Gasteiger partial charge in [0.25, 0.3) is 0 Å². The normalized spacial score (nSPS) is 18.0. The molecule has 14 heavy (non-hydrogen) atoms. The Morgan fingerprint density at radius 3 is 1.07 bits per heavy atom. The molecule has 0 saturated heterocycles. The van der Waals surface area contributed by atoms with Crippen molar-refractivity contribution < 1.29 is 0 Å². The summed E-state index contributed by atoms with van der Waals surface area (Å²) in [6, 6.07) is 0. The van der Waals surface area contributed by atoms with Crippen molar-refractivity contribution in [1.82, 2.24) is 0 Å². The second-order valence-electron chi connectivity index (χ2n) is 5.38. The molecular weight excluding hydrogens is 206 g/mol. The highest BCUT2D eigenvalue weighted by molar-refractivity contribution is 8.30. The number of hydrogen-bond donors (Lipinski definition) is 0. The fourth-order valence-corrected chi connectivity index (χ4v) is 9.53. The molecule has 0 bridgehead atoms. The highest BCUT2D eigenvalue weighted by Crippen LogP contribution is 2.77. The lowest BCUT2D eigenvalue weighted by Crippen LogP contribution is -2.21. The van der Waals surface area contributed by atoms with Crippen molar-refractivity contribution in [3.63, 3.8) is 0 Å². The smallest absolute Gasteiger partial charge is 0.0117 e. The topological polar surface area (TPSA) is 0 Å². The van der Waals surface area contributed by atoms with Crippen LogP contribution in [0, 0.1) is 0 Å². The molecule has 0 aromatic rings. The Bertz CT molecular complexity index is 153. The van der Waals surface area contributed by atoms with Crippen molar-refractivity contribution >= 4 is 15.2 Å². The predicted octanol–water partition coefficient (Wildman–Crippen LogP) is 5.50. The molecule has 0 rings (SSSR count). The van der Waals surface area contributed by atoms with Crippen LogP contribution in [0.25, 0.3) is 0 Å². The van der Waals surface area contributed by atoms with Crippen molar-refractivity contribution in [2.45, 2.75) is 64.7 Å². The van der Waals surface area contributed by atoms with Gasteiger partial charge in [-0.3, -0.25) is 0 Å². The lowest BCUT2D eigenvalue weighted by Gasteiger charge is -2.43. The minimum absolute atomic E-state index is 0.186. The lowest BCUT2D eigenvalue weighted by atomic mass is 10.1. The minimum Gasteiger partial charge on any atom is -0.0781 e. The van der Waals surface area contributed by atoms with E-state index in [9.17, 15) is 0 Å². The van der Waals surface area contributed by atoms with Gasteiger partial charge in [-0.25, -0.2) is 0 Å². The first-order chi connectivity index (χ1) is 6.19. The van der Waals surface area contributed by atoms with E-state index >= 15 is 0 Å². The quantitative estimate of drug-likeness (QED) is 0.551. The van der Waals surface area contributed by atoms with Crippen LogP contribution in [0.2, 0.25) is 0 Å². The van der Waals surface area contributed by atoms with E-state index in [1.165, 1.54) is 12.8 Å². The van der Waals surface area contributed by atoms with E-state index in [1.54, 1.807) is 0 Å². The molecule has 0 aliphatic heterocycles. The summed E-state index contributed by atoms with van der Waals surface area (Å²) >= 11 is 0. The maximum atomic E-state index is 2.52. The third-order valence-electron chi connectivity index (χ3n) is 3.93. The molecule has 0 aliphatic rings. The zero-order chi connectivity index (χ0) is 11.6. The number of hydrogen-bond acceptors (Lipinski definition) is 0. The standard InChI is InChI=1S/C12H28P2/c1-9-11(3,4)13(7)14(8)12(5,6)10-2/h9-10H2,1-8H3. The summed E-state index contributed by atoms with van der Waals surface area (Å²) in [5, 5.41) is 1.14. The first kappa shape index (κ1) is 14.9. The maximum Gasteiger partial charge on any atom is -0.0117 e. The van der Waals surface area contributed by atoms with Gasteiger partial charge in [0.15, 0.2) is 0 Å². The molecule has 0 aromatic carbocycles. The van der Waals surface area contributed by atoms with Gasteiger partial charge in [-0.2, -0.15) is 0 Å². The van der Waals surface area contributed by atoms with Crippen LogP contribution in [0.15, 0.2) is 0 Å². The summed E-state index contributed by atoms with van der Waals surface area (Å²) in [4.78, 5) is 0. The van der Waals surface area contributed by atoms with Crippen molar-refractivity contribution in [1.29, 1.82) is 0 Å². The van der Waals surface area contributed by atoms with E-state index in [0.717, 1.165) is 0 Å². The summed E-state index contributed by atoms with van der Waals surface area (Å²) in [5.41, 5.74) is 0. The average Bonchev–Trinajstić information content (AvgIpc) is 2.15. The summed E-state index contributed by atoms with van der Waals surface area (Å²) in [6.45, 7) is 19.5. The van der Waals surface area contributed by atoms with Crippen molar-refractivity contribution in [3.8, 4) is 0 Å². The maximum absolute atomic E-state index is 2.52. The van der Waals surface area contributed by atoms with Crippen LogP contribution in [-0.4, -0.2) is 23.6 Å². The molecule has 0 fully saturated rings. The van der Waals surface area contributed by atoms with Gasteiger partial charge < -0.3 is 0 Å². The van der Waals surface area contributed by atoms with Crippen LogP contribution in [-0.2, 0) is 0 Å². The first-order valence-electron chi connectivity index (χ1n) is 5.66. The lowest BCUT2D eigenvalue weighted by molar-refractivity contribution is 0.664. The van der Waals surface area contributed by atoms with Gasteiger partial charge in [-0.1, -0.05) is 56.8 Å². The summed E-state index contributed by atoms with van der Waals surface area (Å²) in [5.74, 6) is 0. The van der Waals surface area contributed by atoms with Gasteiger partial charge in [0.05, 0.1) is 0 Å². The van der Waals surface area contributed by atoms with E-state index in [4.69, 9.17) is 0 Å². The molecule has 2 unspecified atom stereocenters. The molecule has 0 saturated carbocycles. The van der Waals surface area contributed by atoms with Crippen LogP contribution in [0.3, 0.4) is 0 Å². The Kier molecular flexibility index (Phi) is 5.59. The van der Waals surface area contributed by atoms with Gasteiger partial charge in [-0.15, -0.1) is 0 Å². The van der Waals surface area contributed by atoms with E-state index in [-0.39, 0.29) is 15.2 Å². The molecule has 0 aromatic heterocycles. The van der Waals surface area contributed by atoms with Crippen LogP contribution < -0.4 is 0 Å². The Labute approximate surface area is 93.6 Å². The van der Waals surface area contributed by atoms with Gasteiger partial charge in [0.2, 0.25) is 0 Å². The summed E-state index contributed by atoms with van der Waals surface area (Å²) in [6.07, 6.45) is 2.64. The molecule has 86 valence electrons. The Balaban J connectivity index is 4.62. The van der Waals surface area contributed by atoms with E-state index in [0.29, 0.717) is 10.3 Å². The van der Waals surface area contributed by atoms with Gasteiger partial charge in [0.1, 0.15) is 0 Å². The zero-order valence-electron chi connectivity index (χ0n) is 11.3. The van der Waals surface area contributed by atoms with Crippen LogP contribution in [0.4, 0.5) is 0 Å². The predicted molar refractivity (Wildman–Crippen MR) is 74.4 cm³/mol. The van der Waals surface area contributed by atoms with Gasteiger partial charge >= 0.3 is 0 Å². The van der Waals surface area contributed by atoms with Crippen LogP contribution >= 0.6 is 15.2 Å². The van der Waals surface area contributed by atoms with Crippen LogP contribution in [0.5, 0.6) is 0 Å². The second kappa shape index (κ2) is 5.27. The molecule has 2 heteroatoms. The Morgan fingerprint density at radius 2 is 0.929 bits per heavy atom. The Hall–Kier alpha value is 0.860. The molecule has 0 radical (unpaired) electrons. The van der Waals surface area contributed by atoms with Gasteiger partial charge in [0, 0.05) is 0 Å². The van der Waals surface area contributed by atoms with E-state index < -0.39 is 0 Å². The van der Waals surface area contributed by atoms with Crippen LogP contribution in [0.1, 0.15) is 54.4 Å². The van der Waals surface area contributed by atoms with Crippen molar-refractivity contribution in [2.75, 3.05) is 13.3 Å². The van der Waals surface area contributed by atoms with Crippen molar-refractivity contribution in [2.24, 2.45) is 0 Å². The Morgan fingerprint density at radius 1 is 0.714 bits per heavy atom. The number of rotatable bonds is 5. The highest BCUT2D eigenvalue weighted by atomic mass is 32.1. The fraction of sp³-hybridized carbons (Fsp3) is 1.00. The SMILES string of the molecule is CCC(C)(C)P(C)P(C)C(C)(C)CC. The highest BCUT2D eigenvalue weighted by Gasteiger charge is 2.35. The molecule has 0 spiro atoms. The first-order valence-corrected chi connectivity index (χ1v) is 9.95. The van der Waals surface area contributed by atoms with E-state index in [1.807, 2.05) is 0 Å². The molecule has 0 nitrogen and oxygen atoms in total. The van der Waals surface area contributed by atoms with Gasteiger partial charge in [-0.05, 0) is 36.5 Å². The summed E-state index contributed by atoms with van der Waals surface area (Å²) < 4.78 is 0. The fourth-order valence-electron chi connectivity index (χ4n) is 1.27. The largest absolute Gasteiger partial charge is 0.0781 e. The zero-order valence-corrected chi connectivity index (χ0v) is 13.1. The monoisotopic (exact) mass is 234 g/mol. The average molecular weight is 234 g/mol. The molecule has 0 N–H and O–H groups in total. The molecule has 2 atom stereocenters. The minimum atomic E-state index is 0.186.